The molecule has 0 saturated carbocycles. The van der Waals surface area contributed by atoms with E-state index in [9.17, 15) is 9.50 Å². The van der Waals surface area contributed by atoms with Crippen LogP contribution in [0.4, 0.5) is 4.39 Å². The van der Waals surface area contributed by atoms with Crippen molar-refractivity contribution < 1.29 is 9.50 Å². The van der Waals surface area contributed by atoms with E-state index in [2.05, 4.69) is 0 Å². The van der Waals surface area contributed by atoms with E-state index in [1.165, 1.54) is 23.5 Å². The quantitative estimate of drug-likeness (QED) is 0.824. The number of halogens is 1. The maximum absolute atomic E-state index is 12.9. The molecule has 3 heteroatoms. The highest BCUT2D eigenvalue weighted by Gasteiger charge is 2.14. The topological polar surface area (TPSA) is 20.2 Å². The van der Waals surface area contributed by atoms with E-state index in [4.69, 9.17) is 0 Å². The fourth-order valence-corrected chi connectivity index (χ4v) is 2.71. The number of aliphatic hydroxyl groups excluding tert-OH is 1. The molecule has 15 heavy (non-hydrogen) atoms. The monoisotopic (exact) mass is 224 g/mol. The Morgan fingerprint density at radius 3 is 2.67 bits per heavy atom. The molecule has 0 aliphatic rings. The van der Waals surface area contributed by atoms with Crippen molar-refractivity contribution in [2.24, 2.45) is 5.92 Å². The van der Waals surface area contributed by atoms with Crippen LogP contribution in [0.1, 0.15) is 24.8 Å². The van der Waals surface area contributed by atoms with Gasteiger partial charge in [-0.3, -0.25) is 0 Å². The summed E-state index contributed by atoms with van der Waals surface area (Å²) in [4.78, 5) is 0.908. The Kier molecular flexibility index (Phi) is 2.76. The smallest absolute Gasteiger partial charge is 0.123 e. The molecule has 80 valence electrons. The van der Waals surface area contributed by atoms with E-state index in [1.54, 1.807) is 6.07 Å². The molecule has 1 nitrogen and oxygen atoms in total. The van der Waals surface area contributed by atoms with Gasteiger partial charge in [0.1, 0.15) is 5.82 Å². The molecular formula is C12H13FOS. The Labute approximate surface area is 92.2 Å². The largest absolute Gasteiger partial charge is 0.387 e. The van der Waals surface area contributed by atoms with Crippen LogP contribution in [-0.4, -0.2) is 5.11 Å². The van der Waals surface area contributed by atoms with E-state index in [1.807, 2.05) is 19.9 Å². The van der Waals surface area contributed by atoms with Crippen molar-refractivity contribution in [3.05, 3.63) is 35.0 Å². The molecule has 0 radical (unpaired) electrons. The van der Waals surface area contributed by atoms with Crippen LogP contribution in [0.3, 0.4) is 0 Å². The summed E-state index contributed by atoms with van der Waals surface area (Å²) in [6.45, 7) is 3.94. The van der Waals surface area contributed by atoms with Gasteiger partial charge in [-0.1, -0.05) is 13.8 Å². The van der Waals surface area contributed by atoms with Crippen LogP contribution in [0.5, 0.6) is 0 Å². The lowest BCUT2D eigenvalue weighted by Crippen LogP contribution is -2.02. The van der Waals surface area contributed by atoms with Gasteiger partial charge in [0.15, 0.2) is 0 Å². The second kappa shape index (κ2) is 3.91. The molecule has 1 unspecified atom stereocenters. The third-order valence-corrected chi connectivity index (χ3v) is 3.61. The zero-order valence-corrected chi connectivity index (χ0v) is 9.51. The molecule has 1 aromatic carbocycles. The van der Waals surface area contributed by atoms with Crippen molar-refractivity contribution in [3.63, 3.8) is 0 Å². The van der Waals surface area contributed by atoms with Crippen molar-refractivity contribution in [1.82, 2.24) is 0 Å². The lowest BCUT2D eigenvalue weighted by molar-refractivity contribution is 0.130. The average molecular weight is 224 g/mol. The SMILES string of the molecule is CC(C)C(O)c1cc2cc(F)ccc2s1. The van der Waals surface area contributed by atoms with Crippen molar-refractivity contribution in [2.45, 2.75) is 20.0 Å². The zero-order valence-electron chi connectivity index (χ0n) is 8.70. The van der Waals surface area contributed by atoms with Gasteiger partial charge >= 0.3 is 0 Å². The minimum atomic E-state index is -0.453. The number of thiophene rings is 1. The van der Waals surface area contributed by atoms with Gasteiger partial charge < -0.3 is 5.11 Å². The third kappa shape index (κ3) is 2.03. The fourth-order valence-electron chi connectivity index (χ4n) is 1.51. The minimum absolute atomic E-state index is 0.183. The first kappa shape index (κ1) is 10.6. The normalized spacial score (nSPS) is 13.7. The van der Waals surface area contributed by atoms with Gasteiger partial charge in [-0.25, -0.2) is 4.39 Å². The number of benzene rings is 1. The molecule has 1 heterocycles. The van der Waals surface area contributed by atoms with Crippen LogP contribution in [0.2, 0.25) is 0 Å². The summed E-state index contributed by atoms with van der Waals surface area (Å²) in [5, 5.41) is 10.8. The Morgan fingerprint density at radius 1 is 1.27 bits per heavy atom. The third-order valence-electron chi connectivity index (χ3n) is 2.42. The molecule has 0 aliphatic heterocycles. The van der Waals surface area contributed by atoms with Gasteiger partial charge in [0, 0.05) is 9.58 Å². The first-order valence-corrected chi connectivity index (χ1v) is 5.76. The zero-order chi connectivity index (χ0) is 11.0. The Bertz CT molecular complexity index is 475. The van der Waals surface area contributed by atoms with Gasteiger partial charge in [0.2, 0.25) is 0 Å². The minimum Gasteiger partial charge on any atom is -0.387 e. The molecular weight excluding hydrogens is 211 g/mol. The molecule has 0 bridgehead atoms. The second-order valence-corrected chi connectivity index (χ2v) is 5.14. The van der Waals surface area contributed by atoms with Crippen molar-refractivity contribution in [2.75, 3.05) is 0 Å². The maximum atomic E-state index is 12.9. The molecule has 1 atom stereocenters. The van der Waals surface area contributed by atoms with E-state index < -0.39 is 6.10 Å². The van der Waals surface area contributed by atoms with Crippen molar-refractivity contribution >= 4 is 21.4 Å². The molecule has 1 aromatic heterocycles. The summed E-state index contributed by atoms with van der Waals surface area (Å²) in [5.41, 5.74) is 0. The molecule has 1 N–H and O–H groups in total. The number of hydrogen-bond acceptors (Lipinski definition) is 2. The first-order valence-electron chi connectivity index (χ1n) is 4.95. The first-order chi connectivity index (χ1) is 7.08. The summed E-state index contributed by atoms with van der Waals surface area (Å²) in [5.74, 6) is -0.0474. The molecule has 2 rings (SSSR count). The lowest BCUT2D eigenvalue weighted by atomic mass is 10.1. The van der Waals surface area contributed by atoms with Crippen LogP contribution < -0.4 is 0 Å². The lowest BCUT2D eigenvalue weighted by Gasteiger charge is -2.11. The summed E-state index contributed by atoms with van der Waals surface area (Å²) >= 11 is 1.53. The van der Waals surface area contributed by atoms with E-state index in [0.717, 1.165) is 15.0 Å². The van der Waals surface area contributed by atoms with Crippen LogP contribution in [-0.2, 0) is 0 Å². The number of hydrogen-bond donors (Lipinski definition) is 1. The van der Waals surface area contributed by atoms with Crippen LogP contribution in [0.25, 0.3) is 10.1 Å². The average Bonchev–Trinajstić information content (AvgIpc) is 2.58. The Balaban J connectivity index is 2.47. The van der Waals surface area contributed by atoms with E-state index >= 15 is 0 Å². The predicted octanol–water partition coefficient (Wildman–Crippen LogP) is 3.73. The highest BCUT2D eigenvalue weighted by atomic mass is 32.1. The van der Waals surface area contributed by atoms with E-state index in [0.29, 0.717) is 0 Å². The molecule has 2 aromatic rings. The Hall–Kier alpha value is -0.930. The molecule has 0 amide bonds. The summed E-state index contributed by atoms with van der Waals surface area (Å²) in [6, 6.07) is 6.58. The van der Waals surface area contributed by atoms with Crippen LogP contribution >= 0.6 is 11.3 Å². The van der Waals surface area contributed by atoms with Crippen LogP contribution in [0, 0.1) is 11.7 Å². The standard InChI is InChI=1S/C12H13FOS/c1-7(2)12(14)11-6-8-5-9(13)3-4-10(8)15-11/h3-7,12,14H,1-2H3. The summed E-state index contributed by atoms with van der Waals surface area (Å²) < 4.78 is 14.0. The van der Waals surface area contributed by atoms with Crippen LogP contribution in [0.15, 0.2) is 24.3 Å². The number of aliphatic hydroxyl groups is 1. The highest BCUT2D eigenvalue weighted by molar-refractivity contribution is 7.19. The van der Waals surface area contributed by atoms with E-state index in [-0.39, 0.29) is 11.7 Å². The molecule has 0 aliphatic carbocycles. The van der Waals surface area contributed by atoms with Gasteiger partial charge in [0.25, 0.3) is 0 Å². The maximum Gasteiger partial charge on any atom is 0.123 e. The Morgan fingerprint density at radius 2 is 2.00 bits per heavy atom. The summed E-state index contributed by atoms with van der Waals surface area (Å²) in [7, 11) is 0. The molecule has 0 spiro atoms. The van der Waals surface area contributed by atoms with Crippen molar-refractivity contribution in [3.8, 4) is 0 Å². The van der Waals surface area contributed by atoms with Gasteiger partial charge in [-0.15, -0.1) is 11.3 Å². The molecule has 0 saturated heterocycles. The van der Waals surface area contributed by atoms with Gasteiger partial charge in [0.05, 0.1) is 6.10 Å². The fraction of sp³-hybridized carbons (Fsp3) is 0.333. The number of rotatable bonds is 2. The van der Waals surface area contributed by atoms with Gasteiger partial charge in [-0.05, 0) is 35.6 Å². The second-order valence-electron chi connectivity index (χ2n) is 4.02. The number of fused-ring (bicyclic) bond motifs is 1. The molecule has 0 fully saturated rings. The van der Waals surface area contributed by atoms with Crippen molar-refractivity contribution in [1.29, 1.82) is 0 Å². The van der Waals surface area contributed by atoms with Gasteiger partial charge in [-0.2, -0.15) is 0 Å². The predicted molar refractivity (Wildman–Crippen MR) is 61.6 cm³/mol. The summed E-state index contributed by atoms with van der Waals surface area (Å²) in [6.07, 6.45) is -0.453. The highest BCUT2D eigenvalue weighted by Crippen LogP contribution is 2.33.